The van der Waals surface area contributed by atoms with Gasteiger partial charge in [-0.2, -0.15) is 0 Å². The number of carbonyl (C=O) groups is 2. The Labute approximate surface area is 192 Å². The molecule has 0 aliphatic rings. The zero-order valence-corrected chi connectivity index (χ0v) is 20.0. The summed E-state index contributed by atoms with van der Waals surface area (Å²) >= 11 is 5.63. The minimum Gasteiger partial charge on any atom is -0.460 e. The summed E-state index contributed by atoms with van der Waals surface area (Å²) in [6.07, 6.45) is 5.31. The molecule has 0 bridgehead atoms. The van der Waals surface area contributed by atoms with Crippen molar-refractivity contribution in [2.75, 3.05) is 38.9 Å². The minimum absolute atomic E-state index is 0.143. The highest BCUT2D eigenvalue weighted by Crippen LogP contribution is 2.11. The van der Waals surface area contributed by atoms with Crippen molar-refractivity contribution in [3.63, 3.8) is 0 Å². The lowest BCUT2D eigenvalue weighted by Crippen LogP contribution is -2.27. The molecule has 0 aliphatic carbocycles. The zero-order valence-electron chi connectivity index (χ0n) is 19.2. The molecule has 6 nitrogen and oxygen atoms in total. The Balaban J connectivity index is 2.10. The molecule has 0 aliphatic heterocycles. The Morgan fingerprint density at radius 1 is 0.903 bits per heavy atom. The van der Waals surface area contributed by atoms with Gasteiger partial charge in [-0.25, -0.2) is 0 Å². The number of unbranched alkanes of at least 4 members (excludes halogenated alkanes) is 3. The lowest BCUT2D eigenvalue weighted by atomic mass is 10.1. The van der Waals surface area contributed by atoms with E-state index in [1.54, 1.807) is 12.1 Å². The number of hydrogen-bond donors (Lipinski definition) is 1. The Morgan fingerprint density at radius 3 is 2.19 bits per heavy atom. The highest BCUT2D eigenvalue weighted by Gasteiger charge is 2.16. The summed E-state index contributed by atoms with van der Waals surface area (Å²) in [7, 11) is 0. The number of halogens is 1. The van der Waals surface area contributed by atoms with E-state index >= 15 is 0 Å². The zero-order chi connectivity index (χ0) is 23.0. The van der Waals surface area contributed by atoms with Gasteiger partial charge in [-0.15, -0.1) is 11.6 Å². The van der Waals surface area contributed by atoms with Crippen LogP contribution in [0.4, 0.5) is 0 Å². The van der Waals surface area contributed by atoms with Crippen LogP contribution in [-0.2, 0) is 25.4 Å². The predicted octanol–water partition coefficient (Wildman–Crippen LogP) is 4.52. The molecule has 31 heavy (non-hydrogen) atoms. The summed E-state index contributed by atoms with van der Waals surface area (Å²) in [5.74, 6) is 0.365. The van der Waals surface area contributed by atoms with Crippen LogP contribution in [0.1, 0.15) is 68.8 Å². The molecule has 0 spiro atoms. The number of rotatable bonds is 16. The van der Waals surface area contributed by atoms with Crippen LogP contribution >= 0.6 is 11.6 Å². The summed E-state index contributed by atoms with van der Waals surface area (Å²) in [4.78, 5) is 24.0. The topological polar surface area (TPSA) is 73.9 Å². The van der Waals surface area contributed by atoms with Crippen LogP contribution in [0.3, 0.4) is 0 Å². The van der Waals surface area contributed by atoms with Gasteiger partial charge < -0.3 is 19.5 Å². The van der Waals surface area contributed by atoms with E-state index < -0.39 is 5.60 Å². The first-order valence-electron chi connectivity index (χ1n) is 11.1. The monoisotopic (exact) mass is 455 g/mol. The van der Waals surface area contributed by atoms with Crippen molar-refractivity contribution in [1.82, 2.24) is 5.32 Å². The van der Waals surface area contributed by atoms with Gasteiger partial charge in [0.1, 0.15) is 5.60 Å². The molecule has 0 atom stereocenters. The van der Waals surface area contributed by atoms with Crippen molar-refractivity contribution < 1.29 is 23.8 Å². The van der Waals surface area contributed by atoms with Crippen LogP contribution in [0.5, 0.6) is 0 Å². The lowest BCUT2D eigenvalue weighted by Gasteiger charge is -2.19. The number of alkyl halides is 1. The Hall–Kier alpha value is -1.63. The SMILES string of the molecule is CC(C)(C)OC(=O)CCc1ccc(C(=O)NCCOCCOCCCCCCCl)cc1. The van der Waals surface area contributed by atoms with Gasteiger partial charge in [0.15, 0.2) is 0 Å². The molecule has 1 N–H and O–H groups in total. The first kappa shape index (κ1) is 27.4. The maximum Gasteiger partial charge on any atom is 0.306 e. The normalized spacial score (nSPS) is 11.4. The second-order valence-corrected chi connectivity index (χ2v) is 8.75. The average Bonchev–Trinajstić information content (AvgIpc) is 2.72. The second kappa shape index (κ2) is 16.1. The summed E-state index contributed by atoms with van der Waals surface area (Å²) in [6.45, 7) is 8.27. The smallest absolute Gasteiger partial charge is 0.306 e. The molecule has 1 rings (SSSR count). The lowest BCUT2D eigenvalue weighted by molar-refractivity contribution is -0.154. The predicted molar refractivity (Wildman–Crippen MR) is 124 cm³/mol. The van der Waals surface area contributed by atoms with E-state index in [-0.39, 0.29) is 11.9 Å². The Bertz CT molecular complexity index is 628. The standard InChI is InChI=1S/C24H38ClNO5/c1-24(2,3)31-22(27)13-10-20-8-11-21(12-9-20)23(28)26-15-17-30-19-18-29-16-7-5-4-6-14-25/h8-9,11-12H,4-7,10,13-19H2,1-3H3,(H,26,28). The third kappa shape index (κ3) is 14.9. The van der Waals surface area contributed by atoms with Gasteiger partial charge in [-0.3, -0.25) is 9.59 Å². The fourth-order valence-corrected chi connectivity index (χ4v) is 2.96. The maximum atomic E-state index is 12.2. The van der Waals surface area contributed by atoms with E-state index in [0.29, 0.717) is 44.8 Å². The van der Waals surface area contributed by atoms with E-state index in [1.807, 2.05) is 32.9 Å². The maximum absolute atomic E-state index is 12.2. The van der Waals surface area contributed by atoms with Crippen molar-refractivity contribution in [3.8, 4) is 0 Å². The minimum atomic E-state index is -0.472. The van der Waals surface area contributed by atoms with Gasteiger partial charge in [-0.05, 0) is 57.7 Å². The molecule has 0 fully saturated rings. The van der Waals surface area contributed by atoms with Crippen LogP contribution in [0.25, 0.3) is 0 Å². The highest BCUT2D eigenvalue weighted by atomic mass is 35.5. The molecule has 1 aromatic rings. The summed E-state index contributed by atoms with van der Waals surface area (Å²) in [5, 5.41) is 2.84. The average molecular weight is 456 g/mol. The molecule has 0 aromatic heterocycles. The molecule has 7 heteroatoms. The number of benzene rings is 1. The van der Waals surface area contributed by atoms with Gasteiger partial charge in [0.05, 0.1) is 19.8 Å². The third-order valence-electron chi connectivity index (χ3n) is 4.33. The molecule has 1 amide bonds. The molecule has 176 valence electrons. The molecule has 0 saturated carbocycles. The van der Waals surface area contributed by atoms with E-state index in [9.17, 15) is 9.59 Å². The number of aryl methyl sites for hydroxylation is 1. The number of hydrogen-bond acceptors (Lipinski definition) is 5. The van der Waals surface area contributed by atoms with Crippen molar-refractivity contribution in [2.24, 2.45) is 0 Å². The van der Waals surface area contributed by atoms with Crippen molar-refractivity contribution >= 4 is 23.5 Å². The van der Waals surface area contributed by atoms with Crippen molar-refractivity contribution in [3.05, 3.63) is 35.4 Å². The molecule has 0 saturated heterocycles. The largest absolute Gasteiger partial charge is 0.460 e. The van der Waals surface area contributed by atoms with Gasteiger partial charge in [0.25, 0.3) is 5.91 Å². The number of nitrogens with one attached hydrogen (secondary N) is 1. The Morgan fingerprint density at radius 2 is 1.55 bits per heavy atom. The van der Waals surface area contributed by atoms with Crippen molar-refractivity contribution in [1.29, 1.82) is 0 Å². The van der Waals surface area contributed by atoms with Crippen molar-refractivity contribution in [2.45, 2.75) is 64.9 Å². The third-order valence-corrected chi connectivity index (χ3v) is 4.60. The van der Waals surface area contributed by atoms with Gasteiger partial charge in [0.2, 0.25) is 0 Å². The van der Waals surface area contributed by atoms with E-state index in [1.165, 1.54) is 0 Å². The summed E-state index contributed by atoms with van der Waals surface area (Å²) in [5.41, 5.74) is 1.10. The molecule has 0 unspecified atom stereocenters. The first-order chi connectivity index (χ1) is 14.8. The quantitative estimate of drug-likeness (QED) is 0.225. The molecular formula is C24H38ClNO5. The van der Waals surface area contributed by atoms with Crippen LogP contribution < -0.4 is 5.32 Å². The molecule has 1 aromatic carbocycles. The summed E-state index contributed by atoms with van der Waals surface area (Å²) < 4.78 is 16.3. The first-order valence-corrected chi connectivity index (χ1v) is 11.7. The molecule has 0 heterocycles. The summed E-state index contributed by atoms with van der Waals surface area (Å²) in [6, 6.07) is 7.26. The molecular weight excluding hydrogens is 418 g/mol. The fraction of sp³-hybridized carbons (Fsp3) is 0.667. The van der Waals surface area contributed by atoms with E-state index in [2.05, 4.69) is 5.32 Å². The van der Waals surface area contributed by atoms with Gasteiger partial charge in [0, 0.05) is 31.0 Å². The van der Waals surface area contributed by atoms with Gasteiger partial charge >= 0.3 is 5.97 Å². The van der Waals surface area contributed by atoms with E-state index in [4.69, 9.17) is 25.8 Å². The number of esters is 1. The van der Waals surface area contributed by atoms with Crippen LogP contribution in [0.15, 0.2) is 24.3 Å². The number of carbonyl (C=O) groups excluding carboxylic acids is 2. The fourth-order valence-electron chi connectivity index (χ4n) is 2.77. The van der Waals surface area contributed by atoms with Crippen LogP contribution in [-0.4, -0.2) is 56.3 Å². The van der Waals surface area contributed by atoms with E-state index in [0.717, 1.165) is 43.7 Å². The van der Waals surface area contributed by atoms with Crippen LogP contribution in [0, 0.1) is 0 Å². The molecule has 0 radical (unpaired) electrons. The number of amides is 1. The van der Waals surface area contributed by atoms with Gasteiger partial charge in [-0.1, -0.05) is 25.0 Å². The highest BCUT2D eigenvalue weighted by molar-refractivity contribution is 6.17. The Kier molecular flexibility index (Phi) is 14.2. The second-order valence-electron chi connectivity index (χ2n) is 8.37. The number of ether oxygens (including phenoxy) is 3. The van der Waals surface area contributed by atoms with Crippen LogP contribution in [0.2, 0.25) is 0 Å².